The fourth-order valence-electron chi connectivity index (χ4n) is 3.60. The highest BCUT2D eigenvalue weighted by Crippen LogP contribution is 2.33. The van der Waals surface area contributed by atoms with Gasteiger partial charge in [-0.05, 0) is 34.0 Å². The Morgan fingerprint density at radius 1 is 0.769 bits per heavy atom. The summed E-state index contributed by atoms with van der Waals surface area (Å²) in [5.41, 5.74) is 4.28. The van der Waals surface area contributed by atoms with E-state index in [1.807, 2.05) is 24.3 Å². The molecule has 2 amide bonds. The van der Waals surface area contributed by atoms with Gasteiger partial charge in [0.05, 0.1) is 5.57 Å². The number of hydrogen-bond donors (Lipinski definition) is 2. The van der Waals surface area contributed by atoms with Gasteiger partial charge in [-0.3, -0.25) is 14.9 Å². The molecule has 2 heterocycles. The fourth-order valence-corrected chi connectivity index (χ4v) is 3.60. The Morgan fingerprint density at radius 2 is 1.62 bits per heavy atom. The van der Waals surface area contributed by atoms with Crippen molar-refractivity contribution in [2.75, 3.05) is 0 Å². The molecule has 124 valence electrons. The molecule has 0 saturated carbocycles. The first kappa shape index (κ1) is 14.7. The van der Waals surface area contributed by atoms with Crippen LogP contribution in [0.25, 0.3) is 38.4 Å². The van der Waals surface area contributed by atoms with Gasteiger partial charge in [0.15, 0.2) is 0 Å². The van der Waals surface area contributed by atoms with Crippen molar-refractivity contribution in [3.63, 3.8) is 0 Å². The number of nitrogens with one attached hydrogen (secondary N) is 2. The van der Waals surface area contributed by atoms with Gasteiger partial charge in [0.2, 0.25) is 0 Å². The fraction of sp³-hybridized carbons (Fsp3) is 0. The van der Waals surface area contributed by atoms with Gasteiger partial charge in [-0.25, -0.2) is 0 Å². The maximum atomic E-state index is 12.0. The molecule has 0 atom stereocenters. The van der Waals surface area contributed by atoms with Gasteiger partial charge in [0, 0.05) is 28.7 Å². The molecule has 1 aromatic heterocycles. The normalized spacial score (nSPS) is 14.1. The van der Waals surface area contributed by atoms with Crippen molar-refractivity contribution in [3.05, 3.63) is 78.5 Å². The van der Waals surface area contributed by atoms with Gasteiger partial charge in [-0.2, -0.15) is 0 Å². The quantitative estimate of drug-likeness (QED) is 0.542. The van der Waals surface area contributed by atoms with Crippen molar-refractivity contribution >= 4 is 39.1 Å². The molecule has 5 rings (SSSR count). The number of amides is 2. The van der Waals surface area contributed by atoms with Crippen LogP contribution in [0.1, 0.15) is 5.56 Å². The number of carbonyl (C=O) groups is 2. The first-order valence-corrected chi connectivity index (χ1v) is 8.37. The molecule has 0 fully saturated rings. The summed E-state index contributed by atoms with van der Waals surface area (Å²) in [4.78, 5) is 26.7. The SMILES string of the molecule is O=C1C=C(c2c[nH]c3ccc(-c4cccc5ccccc45)cc23)C(=O)N1. The lowest BCUT2D eigenvalue weighted by molar-refractivity contribution is -0.123. The third-order valence-corrected chi connectivity index (χ3v) is 4.83. The van der Waals surface area contributed by atoms with E-state index < -0.39 is 0 Å². The zero-order valence-corrected chi connectivity index (χ0v) is 13.7. The van der Waals surface area contributed by atoms with Gasteiger partial charge >= 0.3 is 0 Å². The van der Waals surface area contributed by atoms with Crippen LogP contribution in [-0.4, -0.2) is 16.8 Å². The topological polar surface area (TPSA) is 62.0 Å². The summed E-state index contributed by atoms with van der Waals surface area (Å²) in [6.07, 6.45) is 3.14. The second-order valence-electron chi connectivity index (χ2n) is 6.37. The van der Waals surface area contributed by atoms with Crippen molar-refractivity contribution in [2.45, 2.75) is 0 Å². The average molecular weight is 338 g/mol. The van der Waals surface area contributed by atoms with Crippen LogP contribution in [0.2, 0.25) is 0 Å². The molecule has 2 N–H and O–H groups in total. The summed E-state index contributed by atoms with van der Waals surface area (Å²) in [6.45, 7) is 0. The average Bonchev–Trinajstić information content (AvgIpc) is 3.22. The third kappa shape index (κ3) is 2.16. The van der Waals surface area contributed by atoms with E-state index in [9.17, 15) is 9.59 Å². The van der Waals surface area contributed by atoms with Crippen molar-refractivity contribution in [1.82, 2.24) is 10.3 Å². The zero-order valence-electron chi connectivity index (χ0n) is 13.7. The predicted octanol–water partition coefficient (Wildman–Crippen LogP) is 4.03. The molecule has 26 heavy (non-hydrogen) atoms. The van der Waals surface area contributed by atoms with Crippen molar-refractivity contribution in [2.24, 2.45) is 0 Å². The molecular weight excluding hydrogens is 324 g/mol. The first-order chi connectivity index (χ1) is 12.7. The highest BCUT2D eigenvalue weighted by atomic mass is 16.2. The van der Waals surface area contributed by atoms with E-state index >= 15 is 0 Å². The highest BCUT2D eigenvalue weighted by molar-refractivity contribution is 6.35. The summed E-state index contributed by atoms with van der Waals surface area (Å²) < 4.78 is 0. The molecule has 0 aliphatic carbocycles. The van der Waals surface area contributed by atoms with E-state index in [4.69, 9.17) is 0 Å². The van der Waals surface area contributed by atoms with Crippen LogP contribution < -0.4 is 5.32 Å². The van der Waals surface area contributed by atoms with Crippen LogP contribution in [-0.2, 0) is 9.59 Å². The molecule has 1 aliphatic heterocycles. The minimum absolute atomic E-state index is 0.355. The summed E-state index contributed by atoms with van der Waals surface area (Å²) in [5.74, 6) is -0.726. The van der Waals surface area contributed by atoms with Crippen molar-refractivity contribution < 1.29 is 9.59 Å². The molecule has 4 heteroatoms. The minimum Gasteiger partial charge on any atom is -0.361 e. The Labute approximate surface area is 149 Å². The highest BCUT2D eigenvalue weighted by Gasteiger charge is 2.24. The molecule has 0 radical (unpaired) electrons. The Balaban J connectivity index is 1.73. The van der Waals surface area contributed by atoms with Crippen LogP contribution in [0.5, 0.6) is 0 Å². The Kier molecular flexibility index (Phi) is 3.06. The third-order valence-electron chi connectivity index (χ3n) is 4.83. The van der Waals surface area contributed by atoms with Crippen molar-refractivity contribution in [3.8, 4) is 11.1 Å². The van der Waals surface area contributed by atoms with E-state index in [0.717, 1.165) is 27.6 Å². The standard InChI is InChI=1S/C22H14N2O2/c25-21-11-18(22(26)24-21)19-12-23-20-9-8-14(10-17(19)20)16-7-3-5-13-4-1-2-6-15(13)16/h1-12,23H,(H,24,25,26). The Hall–Kier alpha value is -3.66. The number of fused-ring (bicyclic) bond motifs is 2. The largest absolute Gasteiger partial charge is 0.361 e. The molecule has 0 unspecified atom stereocenters. The number of benzene rings is 3. The molecule has 0 saturated heterocycles. The van der Waals surface area contributed by atoms with E-state index in [0.29, 0.717) is 5.57 Å². The molecule has 0 bridgehead atoms. The van der Waals surface area contributed by atoms with Crippen molar-refractivity contribution in [1.29, 1.82) is 0 Å². The lowest BCUT2D eigenvalue weighted by atomic mass is 9.96. The summed E-state index contributed by atoms with van der Waals surface area (Å²) in [7, 11) is 0. The van der Waals surface area contributed by atoms with Crippen LogP contribution in [0.15, 0.2) is 72.9 Å². The maximum absolute atomic E-state index is 12.0. The van der Waals surface area contributed by atoms with Gasteiger partial charge in [-0.1, -0.05) is 48.5 Å². The molecule has 0 spiro atoms. The summed E-state index contributed by atoms with van der Waals surface area (Å²) in [5, 5.41) is 5.59. The molecule has 3 aromatic carbocycles. The van der Waals surface area contributed by atoms with Crippen LogP contribution in [0.3, 0.4) is 0 Å². The number of aromatic nitrogens is 1. The van der Waals surface area contributed by atoms with Gasteiger partial charge in [-0.15, -0.1) is 0 Å². The number of aromatic amines is 1. The first-order valence-electron chi connectivity index (χ1n) is 8.37. The predicted molar refractivity (Wildman–Crippen MR) is 102 cm³/mol. The second kappa shape index (κ2) is 5.43. The van der Waals surface area contributed by atoms with Gasteiger partial charge in [0.1, 0.15) is 0 Å². The summed E-state index contributed by atoms with van der Waals surface area (Å²) in [6, 6.07) is 20.7. The van der Waals surface area contributed by atoms with Crippen LogP contribution in [0.4, 0.5) is 0 Å². The Morgan fingerprint density at radius 3 is 2.46 bits per heavy atom. The number of carbonyl (C=O) groups excluding carboxylic acids is 2. The molecule has 4 aromatic rings. The van der Waals surface area contributed by atoms with E-state index in [2.05, 4.69) is 46.7 Å². The smallest absolute Gasteiger partial charge is 0.258 e. The molecule has 1 aliphatic rings. The van der Waals surface area contributed by atoms with Crippen LogP contribution >= 0.6 is 0 Å². The summed E-state index contributed by atoms with van der Waals surface area (Å²) >= 11 is 0. The minimum atomic E-state index is -0.371. The number of H-pyrrole nitrogens is 1. The Bertz CT molecular complexity index is 1240. The second-order valence-corrected chi connectivity index (χ2v) is 6.37. The number of imide groups is 1. The lowest BCUT2D eigenvalue weighted by Crippen LogP contribution is -2.21. The lowest BCUT2D eigenvalue weighted by Gasteiger charge is -2.08. The zero-order chi connectivity index (χ0) is 17.7. The van der Waals surface area contributed by atoms with Gasteiger partial charge < -0.3 is 4.98 Å². The maximum Gasteiger partial charge on any atom is 0.258 e. The molecular formula is C22H14N2O2. The monoisotopic (exact) mass is 338 g/mol. The number of rotatable bonds is 2. The van der Waals surface area contributed by atoms with E-state index in [-0.39, 0.29) is 11.8 Å². The van der Waals surface area contributed by atoms with Crippen LogP contribution in [0, 0.1) is 0 Å². The molecule has 4 nitrogen and oxygen atoms in total. The number of hydrogen-bond acceptors (Lipinski definition) is 2. The van der Waals surface area contributed by atoms with E-state index in [1.54, 1.807) is 6.20 Å². The van der Waals surface area contributed by atoms with Gasteiger partial charge in [0.25, 0.3) is 11.8 Å². The van der Waals surface area contributed by atoms with E-state index in [1.165, 1.54) is 16.8 Å².